The molecular weight excluding hydrogens is 478 g/mol. The van der Waals surface area contributed by atoms with E-state index in [1.807, 2.05) is 6.07 Å². The van der Waals surface area contributed by atoms with Crippen molar-refractivity contribution in [1.82, 2.24) is 21.4 Å². The summed E-state index contributed by atoms with van der Waals surface area (Å²) >= 11 is 0. The first-order valence-corrected chi connectivity index (χ1v) is 12.7. The van der Waals surface area contributed by atoms with Crippen molar-refractivity contribution in [2.24, 2.45) is 0 Å². The van der Waals surface area contributed by atoms with Gasteiger partial charge in [0.2, 0.25) is 5.91 Å². The quantitative estimate of drug-likeness (QED) is 0.311. The highest BCUT2D eigenvalue weighted by Gasteiger charge is 2.38. The van der Waals surface area contributed by atoms with Gasteiger partial charge >= 0.3 is 0 Å². The van der Waals surface area contributed by atoms with Crippen LogP contribution in [0.25, 0.3) is 0 Å². The zero-order valence-electron chi connectivity index (χ0n) is 22.3. The van der Waals surface area contributed by atoms with Gasteiger partial charge in [-0.3, -0.25) is 10.1 Å². The zero-order valence-corrected chi connectivity index (χ0v) is 22.3. The SMILES string of the molecule is CON[C@H]1CC[C@@](NC[C@@H](O)[C@H](Cc2cc(F)cc(F)c2)NC(C)=O)(c2cccc(C(C)(C)C)c2)CN1. The molecule has 3 rings (SSSR count). The van der Waals surface area contributed by atoms with Gasteiger partial charge in [0.15, 0.2) is 0 Å². The van der Waals surface area contributed by atoms with E-state index >= 15 is 0 Å². The van der Waals surface area contributed by atoms with Crippen LogP contribution in [-0.4, -0.2) is 49.5 Å². The molecule has 4 atom stereocenters. The summed E-state index contributed by atoms with van der Waals surface area (Å²) in [4.78, 5) is 17.0. The number of hydrogen-bond acceptors (Lipinski definition) is 6. The summed E-state index contributed by atoms with van der Waals surface area (Å²) in [5, 5.41) is 20.9. The fourth-order valence-electron chi connectivity index (χ4n) is 4.87. The molecule has 1 heterocycles. The number of carbonyl (C=O) groups excluding carboxylic acids is 1. The molecule has 7 nitrogen and oxygen atoms in total. The van der Waals surface area contributed by atoms with Crippen molar-refractivity contribution in [3.05, 3.63) is 70.8 Å². The molecule has 2 aromatic carbocycles. The predicted octanol–water partition coefficient (Wildman–Crippen LogP) is 3.02. The van der Waals surface area contributed by atoms with Crippen molar-refractivity contribution in [2.45, 2.75) is 76.2 Å². The zero-order chi connectivity index (χ0) is 27.2. The highest BCUT2D eigenvalue weighted by Crippen LogP contribution is 2.33. The van der Waals surface area contributed by atoms with E-state index in [0.717, 1.165) is 24.5 Å². The third kappa shape index (κ3) is 8.02. The van der Waals surface area contributed by atoms with E-state index < -0.39 is 29.3 Å². The fourth-order valence-corrected chi connectivity index (χ4v) is 4.87. The lowest BCUT2D eigenvalue weighted by molar-refractivity contribution is -0.120. The van der Waals surface area contributed by atoms with Crippen molar-refractivity contribution < 1.29 is 23.5 Å². The van der Waals surface area contributed by atoms with Crippen LogP contribution in [0, 0.1) is 11.6 Å². The summed E-state index contributed by atoms with van der Waals surface area (Å²) in [6, 6.07) is 10.9. The number of halogens is 2. The van der Waals surface area contributed by atoms with E-state index in [1.54, 1.807) is 7.11 Å². The molecule has 9 heteroatoms. The number of aliphatic hydroxyl groups is 1. The Morgan fingerprint density at radius 3 is 2.49 bits per heavy atom. The monoisotopic (exact) mass is 518 g/mol. The number of piperidine rings is 1. The van der Waals surface area contributed by atoms with Gasteiger partial charge < -0.3 is 20.6 Å². The Bertz CT molecular complexity index is 1030. The molecule has 0 spiro atoms. The number of benzene rings is 2. The Kier molecular flexibility index (Phi) is 9.77. The van der Waals surface area contributed by atoms with Crippen LogP contribution in [0.1, 0.15) is 57.2 Å². The van der Waals surface area contributed by atoms with Crippen LogP contribution in [0.3, 0.4) is 0 Å². The summed E-state index contributed by atoms with van der Waals surface area (Å²) in [5.74, 6) is -1.73. The predicted molar refractivity (Wildman–Crippen MR) is 140 cm³/mol. The molecule has 0 saturated carbocycles. The molecule has 37 heavy (non-hydrogen) atoms. The lowest BCUT2D eigenvalue weighted by Crippen LogP contribution is -2.61. The molecule has 204 valence electrons. The molecule has 2 aromatic rings. The Labute approximate surface area is 218 Å². The van der Waals surface area contributed by atoms with E-state index in [4.69, 9.17) is 4.84 Å². The minimum atomic E-state index is -1.01. The highest BCUT2D eigenvalue weighted by atomic mass is 19.1. The second kappa shape index (κ2) is 12.4. The molecule has 0 aliphatic carbocycles. The van der Waals surface area contributed by atoms with Crippen LogP contribution < -0.4 is 21.4 Å². The number of amides is 1. The van der Waals surface area contributed by atoms with Crippen molar-refractivity contribution in [3.63, 3.8) is 0 Å². The summed E-state index contributed by atoms with van der Waals surface area (Å²) in [6.45, 7) is 8.59. The molecule has 5 N–H and O–H groups in total. The van der Waals surface area contributed by atoms with E-state index in [2.05, 4.69) is 60.4 Å². The molecule has 1 amide bonds. The maximum absolute atomic E-state index is 13.8. The van der Waals surface area contributed by atoms with E-state index in [9.17, 15) is 18.7 Å². The van der Waals surface area contributed by atoms with Gasteiger partial charge in [0.05, 0.1) is 31.0 Å². The van der Waals surface area contributed by atoms with Crippen LogP contribution in [-0.2, 0) is 27.0 Å². The van der Waals surface area contributed by atoms with Gasteiger partial charge in [0.1, 0.15) is 11.6 Å². The topological polar surface area (TPSA) is 94.7 Å². The number of hydroxylamine groups is 1. The third-order valence-electron chi connectivity index (χ3n) is 6.93. The molecule has 0 bridgehead atoms. The molecule has 1 saturated heterocycles. The normalized spacial score (nSPS) is 21.9. The average Bonchev–Trinajstić information content (AvgIpc) is 2.82. The van der Waals surface area contributed by atoms with Crippen molar-refractivity contribution in [1.29, 1.82) is 0 Å². The first-order chi connectivity index (χ1) is 17.4. The van der Waals surface area contributed by atoms with Gasteiger partial charge in [-0.25, -0.2) is 8.78 Å². The molecular formula is C28H40F2N4O3. The average molecular weight is 519 g/mol. The number of nitrogens with one attached hydrogen (secondary N) is 4. The van der Waals surface area contributed by atoms with E-state index in [1.165, 1.54) is 24.6 Å². The van der Waals surface area contributed by atoms with Gasteiger partial charge in [-0.15, -0.1) is 0 Å². The number of hydrogen-bond donors (Lipinski definition) is 5. The molecule has 0 unspecified atom stereocenters. The van der Waals surface area contributed by atoms with Gasteiger partial charge in [-0.1, -0.05) is 45.0 Å². The second-order valence-corrected chi connectivity index (χ2v) is 10.9. The number of carbonyl (C=O) groups is 1. The number of rotatable bonds is 10. The first-order valence-electron chi connectivity index (χ1n) is 12.7. The van der Waals surface area contributed by atoms with Crippen molar-refractivity contribution >= 4 is 5.91 Å². The van der Waals surface area contributed by atoms with Crippen molar-refractivity contribution in [3.8, 4) is 0 Å². The molecule has 0 radical (unpaired) electrons. The molecule has 0 aromatic heterocycles. The van der Waals surface area contributed by atoms with Gasteiger partial charge in [0.25, 0.3) is 0 Å². The Morgan fingerprint density at radius 1 is 1.22 bits per heavy atom. The van der Waals surface area contributed by atoms with Gasteiger partial charge in [-0.05, 0) is 53.5 Å². The van der Waals surface area contributed by atoms with Crippen LogP contribution in [0.2, 0.25) is 0 Å². The van der Waals surface area contributed by atoms with Crippen LogP contribution in [0.5, 0.6) is 0 Å². The molecule has 1 fully saturated rings. The Hall–Kier alpha value is -2.43. The summed E-state index contributed by atoms with van der Waals surface area (Å²) in [6.07, 6.45) is 0.607. The van der Waals surface area contributed by atoms with Crippen LogP contribution in [0.15, 0.2) is 42.5 Å². The second-order valence-electron chi connectivity index (χ2n) is 10.9. The summed E-state index contributed by atoms with van der Waals surface area (Å²) in [7, 11) is 1.58. The molecule has 1 aliphatic rings. The van der Waals surface area contributed by atoms with Crippen LogP contribution >= 0.6 is 0 Å². The van der Waals surface area contributed by atoms with E-state index in [-0.39, 0.29) is 30.5 Å². The largest absolute Gasteiger partial charge is 0.390 e. The third-order valence-corrected chi connectivity index (χ3v) is 6.93. The minimum Gasteiger partial charge on any atom is -0.390 e. The summed E-state index contributed by atoms with van der Waals surface area (Å²) < 4.78 is 27.5. The van der Waals surface area contributed by atoms with Crippen molar-refractivity contribution in [2.75, 3.05) is 20.2 Å². The Balaban J connectivity index is 1.83. The fraction of sp³-hybridized carbons (Fsp3) is 0.536. The standard InChI is InChI=1S/C28H40F2N4O3/c1-18(35)33-24(13-19-11-22(29)15-23(30)12-19)25(36)16-32-28(10-9-26(31-17-28)34-37-5)21-8-6-7-20(14-21)27(2,3)4/h6-8,11-12,14-15,24-26,31-32,34,36H,9-10,13,16-17H2,1-5H3,(H,33,35)/t24-,25+,26-,28-/m0/s1. The van der Waals surface area contributed by atoms with Gasteiger partial charge in [-0.2, -0.15) is 5.48 Å². The van der Waals surface area contributed by atoms with Gasteiger partial charge in [0, 0.05) is 26.1 Å². The van der Waals surface area contributed by atoms with Crippen LogP contribution in [0.4, 0.5) is 8.78 Å². The lowest BCUT2D eigenvalue weighted by Gasteiger charge is -2.43. The smallest absolute Gasteiger partial charge is 0.217 e. The number of aliphatic hydroxyl groups excluding tert-OH is 1. The maximum atomic E-state index is 13.8. The minimum absolute atomic E-state index is 0.00866. The molecule has 1 aliphatic heterocycles. The lowest BCUT2D eigenvalue weighted by atomic mass is 9.78. The highest BCUT2D eigenvalue weighted by molar-refractivity contribution is 5.73. The summed E-state index contributed by atoms with van der Waals surface area (Å²) in [5.41, 5.74) is 5.09. The van der Waals surface area contributed by atoms with E-state index in [0.29, 0.717) is 12.1 Å². The first kappa shape index (κ1) is 29.1. The maximum Gasteiger partial charge on any atom is 0.217 e. The Morgan fingerprint density at radius 2 is 1.92 bits per heavy atom.